The minimum atomic E-state index is -0.983. The zero-order valence-corrected chi connectivity index (χ0v) is 14.7. The average molecular weight is 375 g/mol. The second-order valence-corrected chi connectivity index (χ2v) is 6.49. The molecule has 1 aromatic carbocycles. The number of aliphatic imine (C=N–C) groups is 1. The predicted molar refractivity (Wildman–Crippen MR) is 97.4 cm³/mol. The molecule has 1 aliphatic rings. The van der Waals surface area contributed by atoms with E-state index in [0.717, 1.165) is 0 Å². The fourth-order valence-corrected chi connectivity index (χ4v) is 2.86. The van der Waals surface area contributed by atoms with Crippen LogP contribution in [0.4, 0.5) is 10.1 Å². The van der Waals surface area contributed by atoms with Gasteiger partial charge in [-0.3, -0.25) is 4.79 Å². The van der Waals surface area contributed by atoms with Crippen LogP contribution in [0.5, 0.6) is 0 Å². The van der Waals surface area contributed by atoms with Crippen molar-refractivity contribution < 1.29 is 13.9 Å². The number of anilines is 1. The number of nitrogens with zero attached hydrogens (tertiary/aromatic N) is 2. The lowest BCUT2D eigenvalue weighted by Gasteiger charge is -2.31. The van der Waals surface area contributed by atoms with E-state index >= 15 is 0 Å². The topological polar surface area (TPSA) is 89.6 Å². The Hall–Kier alpha value is -2.93. The Morgan fingerprint density at radius 1 is 1.42 bits per heavy atom. The molecule has 0 saturated heterocycles. The van der Waals surface area contributed by atoms with Gasteiger partial charge in [-0.15, -0.1) is 0 Å². The maximum Gasteiger partial charge on any atom is 0.288 e. The predicted octanol–water partition coefficient (Wildman–Crippen LogP) is 3.59. The zero-order chi connectivity index (χ0) is 18.9. The highest BCUT2D eigenvalue weighted by Crippen LogP contribution is 2.37. The molecule has 1 amide bonds. The van der Waals surface area contributed by atoms with E-state index in [4.69, 9.17) is 22.1 Å². The van der Waals surface area contributed by atoms with Crippen molar-refractivity contribution in [1.29, 1.82) is 0 Å². The zero-order valence-electron chi connectivity index (χ0n) is 13.9. The van der Waals surface area contributed by atoms with E-state index in [1.54, 1.807) is 13.0 Å². The molecule has 0 radical (unpaired) electrons. The highest BCUT2D eigenvalue weighted by atomic mass is 35.5. The number of carbonyl (C=O) groups is 1. The number of hydrogen-bond acceptors (Lipinski definition) is 5. The lowest BCUT2D eigenvalue weighted by atomic mass is 9.87. The molecule has 3 rings (SSSR count). The van der Waals surface area contributed by atoms with Gasteiger partial charge in [0.25, 0.3) is 11.9 Å². The first kappa shape index (κ1) is 17.9. The molecule has 3 N–H and O–H groups in total. The van der Waals surface area contributed by atoms with Crippen molar-refractivity contribution in [2.45, 2.75) is 18.9 Å². The number of hydrogen-bond donors (Lipinski definition) is 2. The number of nitrogens with one attached hydrogen (secondary N) is 1. The number of amidine groups is 1. The number of ether oxygens (including phenoxy) is 1. The Labute approximate surface area is 154 Å². The van der Waals surface area contributed by atoms with Gasteiger partial charge in [-0.05, 0) is 37.3 Å². The van der Waals surface area contributed by atoms with Crippen LogP contribution in [-0.4, -0.2) is 16.9 Å². The summed E-state index contributed by atoms with van der Waals surface area (Å²) in [6.45, 7) is 5.46. The summed E-state index contributed by atoms with van der Waals surface area (Å²) in [7, 11) is 0. The molecule has 0 spiro atoms. The number of nitrogens with two attached hydrogens (primary N) is 1. The fourth-order valence-electron chi connectivity index (χ4n) is 2.75. The molecule has 1 atom stereocenters. The lowest BCUT2D eigenvalue weighted by molar-refractivity contribution is 0.102. The van der Waals surface area contributed by atoms with Crippen LogP contribution in [0, 0.1) is 5.82 Å². The van der Waals surface area contributed by atoms with Crippen LogP contribution in [-0.2, 0) is 10.3 Å². The second kappa shape index (κ2) is 6.76. The summed E-state index contributed by atoms with van der Waals surface area (Å²) in [5.41, 5.74) is 5.52. The van der Waals surface area contributed by atoms with E-state index in [2.05, 4.69) is 21.9 Å². The standard InChI is InChI=1S/C18H16ClFN4O2/c1-10-8-18(2,24-17(21)26-10)13-7-12(4-5-14(13)20)23-16(25)15-6-3-11(19)9-22-15/h3-7,9H,1,8H2,2H3,(H2,21,24)(H,23,25)/t18-/m0/s1. The molecule has 134 valence electrons. The summed E-state index contributed by atoms with van der Waals surface area (Å²) < 4.78 is 19.6. The molecule has 0 unspecified atom stereocenters. The van der Waals surface area contributed by atoms with Crippen molar-refractivity contribution in [2.24, 2.45) is 10.7 Å². The molecule has 2 aromatic rings. The van der Waals surface area contributed by atoms with Crippen molar-refractivity contribution in [1.82, 2.24) is 4.98 Å². The highest BCUT2D eigenvalue weighted by molar-refractivity contribution is 6.30. The van der Waals surface area contributed by atoms with Gasteiger partial charge in [0.1, 0.15) is 17.3 Å². The van der Waals surface area contributed by atoms with Crippen molar-refractivity contribution in [3.63, 3.8) is 0 Å². The molecular formula is C18H16ClFN4O2. The summed E-state index contributed by atoms with van der Waals surface area (Å²) in [5.74, 6) is -0.524. The highest BCUT2D eigenvalue weighted by Gasteiger charge is 2.34. The monoisotopic (exact) mass is 374 g/mol. The SMILES string of the molecule is C=C1C[C@@](C)(c2cc(NC(=O)c3ccc(Cl)cn3)ccc2F)N=C(N)O1. The number of carbonyl (C=O) groups excluding carboxylic acids is 1. The molecule has 0 aliphatic carbocycles. The van der Waals surface area contributed by atoms with E-state index < -0.39 is 17.3 Å². The largest absolute Gasteiger partial charge is 0.431 e. The molecule has 26 heavy (non-hydrogen) atoms. The molecule has 2 heterocycles. The summed E-state index contributed by atoms with van der Waals surface area (Å²) in [6.07, 6.45) is 1.64. The van der Waals surface area contributed by atoms with Crippen LogP contribution in [0.1, 0.15) is 29.4 Å². The van der Waals surface area contributed by atoms with Gasteiger partial charge in [-0.25, -0.2) is 14.4 Å². The fraction of sp³-hybridized carbons (Fsp3) is 0.167. The summed E-state index contributed by atoms with van der Waals surface area (Å²) in [5, 5.41) is 3.10. The van der Waals surface area contributed by atoms with Gasteiger partial charge >= 0.3 is 0 Å². The van der Waals surface area contributed by atoms with E-state index in [9.17, 15) is 9.18 Å². The molecule has 1 aromatic heterocycles. The normalized spacial score (nSPS) is 19.5. The first-order chi connectivity index (χ1) is 12.3. The maximum atomic E-state index is 14.4. The number of amides is 1. The summed E-state index contributed by atoms with van der Waals surface area (Å²) in [6, 6.07) is 7.20. The van der Waals surface area contributed by atoms with Gasteiger partial charge < -0.3 is 15.8 Å². The summed E-state index contributed by atoms with van der Waals surface area (Å²) in [4.78, 5) is 20.5. The van der Waals surface area contributed by atoms with E-state index in [1.165, 1.54) is 30.5 Å². The average Bonchev–Trinajstić information content (AvgIpc) is 2.55. The third kappa shape index (κ3) is 3.67. The Bertz CT molecular complexity index is 914. The number of benzene rings is 1. The number of halogens is 2. The number of pyridine rings is 1. The number of aromatic nitrogens is 1. The Kier molecular flexibility index (Phi) is 4.65. The minimum absolute atomic E-state index is 0.0806. The first-order valence-corrected chi connectivity index (χ1v) is 8.08. The van der Waals surface area contributed by atoms with Crippen molar-refractivity contribution in [3.8, 4) is 0 Å². The summed E-state index contributed by atoms with van der Waals surface area (Å²) >= 11 is 5.76. The van der Waals surface area contributed by atoms with Crippen LogP contribution >= 0.6 is 11.6 Å². The van der Waals surface area contributed by atoms with E-state index in [1.807, 2.05) is 0 Å². The molecule has 1 aliphatic heterocycles. The van der Waals surface area contributed by atoms with Gasteiger partial charge in [0.15, 0.2) is 0 Å². The molecule has 8 heteroatoms. The molecule has 6 nitrogen and oxygen atoms in total. The van der Waals surface area contributed by atoms with Gasteiger partial charge in [-0.1, -0.05) is 18.2 Å². The Balaban J connectivity index is 1.90. The lowest BCUT2D eigenvalue weighted by Crippen LogP contribution is -2.33. The smallest absolute Gasteiger partial charge is 0.288 e. The minimum Gasteiger partial charge on any atom is -0.431 e. The van der Waals surface area contributed by atoms with Gasteiger partial charge in [0.2, 0.25) is 0 Å². The molecular weight excluding hydrogens is 359 g/mol. The van der Waals surface area contributed by atoms with Gasteiger partial charge in [0.05, 0.1) is 10.6 Å². The van der Waals surface area contributed by atoms with Crippen LogP contribution in [0.2, 0.25) is 5.02 Å². The van der Waals surface area contributed by atoms with E-state index in [0.29, 0.717) is 16.5 Å². The Morgan fingerprint density at radius 2 is 2.19 bits per heavy atom. The quantitative estimate of drug-likeness (QED) is 0.859. The molecule has 0 bridgehead atoms. The molecule has 0 fully saturated rings. The van der Waals surface area contributed by atoms with Crippen LogP contribution in [0.15, 0.2) is 53.9 Å². The van der Waals surface area contributed by atoms with Crippen molar-refractivity contribution in [3.05, 3.63) is 71.0 Å². The third-order valence-electron chi connectivity index (χ3n) is 3.91. The van der Waals surface area contributed by atoms with Crippen LogP contribution in [0.25, 0.3) is 0 Å². The molecule has 0 saturated carbocycles. The van der Waals surface area contributed by atoms with Crippen LogP contribution in [0.3, 0.4) is 0 Å². The first-order valence-electron chi connectivity index (χ1n) is 7.71. The van der Waals surface area contributed by atoms with Gasteiger partial charge in [-0.2, -0.15) is 0 Å². The Morgan fingerprint density at radius 3 is 2.85 bits per heavy atom. The maximum absolute atomic E-state index is 14.4. The van der Waals surface area contributed by atoms with E-state index in [-0.39, 0.29) is 23.7 Å². The second-order valence-electron chi connectivity index (χ2n) is 6.05. The van der Waals surface area contributed by atoms with Gasteiger partial charge in [0, 0.05) is 23.9 Å². The van der Waals surface area contributed by atoms with Crippen molar-refractivity contribution >= 4 is 29.2 Å². The van der Waals surface area contributed by atoms with Crippen LogP contribution < -0.4 is 11.1 Å². The third-order valence-corrected chi connectivity index (χ3v) is 4.14. The number of rotatable bonds is 3. The van der Waals surface area contributed by atoms with Crippen molar-refractivity contribution in [2.75, 3.05) is 5.32 Å².